The Morgan fingerprint density at radius 3 is 2.93 bits per heavy atom. The molecule has 1 aliphatic heterocycles. The third-order valence-corrected chi connectivity index (χ3v) is 7.04. The summed E-state index contributed by atoms with van der Waals surface area (Å²) < 4.78 is 2.37. The molecule has 1 N–H and O–H groups in total. The van der Waals surface area contributed by atoms with Crippen LogP contribution in [0.3, 0.4) is 0 Å². The van der Waals surface area contributed by atoms with Gasteiger partial charge in [-0.25, -0.2) is 0 Å². The van der Waals surface area contributed by atoms with Crippen molar-refractivity contribution < 1.29 is 4.79 Å². The van der Waals surface area contributed by atoms with Gasteiger partial charge in [-0.05, 0) is 56.1 Å². The second-order valence-electron chi connectivity index (χ2n) is 8.79. The first kappa shape index (κ1) is 19.3. The second-order valence-corrected chi connectivity index (χ2v) is 8.79. The lowest BCUT2D eigenvalue weighted by atomic mass is 9.72. The minimum absolute atomic E-state index is 0.0325. The van der Waals surface area contributed by atoms with Gasteiger partial charge in [-0.2, -0.15) is 0 Å². The molecule has 1 amide bonds. The van der Waals surface area contributed by atoms with Gasteiger partial charge < -0.3 is 14.8 Å². The molecule has 3 heterocycles. The van der Waals surface area contributed by atoms with Crippen LogP contribution in [0.15, 0.2) is 48.8 Å². The molecular weight excluding hydrogens is 372 g/mol. The Morgan fingerprint density at radius 1 is 1.23 bits per heavy atom. The molecule has 0 bridgehead atoms. The zero-order valence-corrected chi connectivity index (χ0v) is 17.8. The quantitative estimate of drug-likeness (QED) is 0.712. The standard InChI is InChI=1S/C25H30N4O/c1-3-29-16-17-14-23-21(20-8-6-9-22(29)24(17)20)13-18(15-28(23)2)25(30)27-12-10-19-7-4-5-11-26-19/h4-9,11,16,18,21,23H,3,10,12-15H2,1-2H3,(H,27,30)/t18?,21-,23-/m1/s1. The second kappa shape index (κ2) is 7.88. The van der Waals surface area contributed by atoms with Gasteiger partial charge in [0.05, 0.1) is 5.92 Å². The molecule has 1 unspecified atom stereocenters. The molecule has 1 saturated heterocycles. The molecule has 3 atom stereocenters. The molecule has 1 aromatic carbocycles. The van der Waals surface area contributed by atoms with Gasteiger partial charge in [-0.3, -0.25) is 9.78 Å². The number of carbonyl (C=O) groups excluding carboxylic acids is 1. The van der Waals surface area contributed by atoms with Gasteiger partial charge in [0.1, 0.15) is 0 Å². The van der Waals surface area contributed by atoms with Crippen LogP contribution < -0.4 is 5.32 Å². The highest BCUT2D eigenvalue weighted by molar-refractivity contribution is 5.89. The van der Waals surface area contributed by atoms with Crippen molar-refractivity contribution in [2.75, 3.05) is 20.1 Å². The Bertz CT molecular complexity index is 1060. The van der Waals surface area contributed by atoms with Crippen LogP contribution in [-0.2, 0) is 24.2 Å². The number of hydrogen-bond donors (Lipinski definition) is 1. The van der Waals surface area contributed by atoms with E-state index >= 15 is 0 Å². The summed E-state index contributed by atoms with van der Waals surface area (Å²) in [6, 6.07) is 13.1. The summed E-state index contributed by atoms with van der Waals surface area (Å²) in [6.07, 6.45) is 6.93. The maximum atomic E-state index is 13.0. The third kappa shape index (κ3) is 3.31. The summed E-state index contributed by atoms with van der Waals surface area (Å²) in [6.45, 7) is 4.67. The summed E-state index contributed by atoms with van der Waals surface area (Å²) in [5.41, 5.74) is 5.26. The van der Waals surface area contributed by atoms with Gasteiger partial charge in [0.25, 0.3) is 0 Å². The fraction of sp³-hybridized carbons (Fsp3) is 0.440. The van der Waals surface area contributed by atoms with E-state index in [2.05, 4.69) is 58.1 Å². The minimum atomic E-state index is 0.0325. The smallest absolute Gasteiger partial charge is 0.224 e. The Labute approximate surface area is 178 Å². The number of benzene rings is 1. The number of aryl methyl sites for hydroxylation is 1. The van der Waals surface area contributed by atoms with Crippen LogP contribution >= 0.6 is 0 Å². The fourth-order valence-corrected chi connectivity index (χ4v) is 5.57. The molecule has 0 spiro atoms. The molecule has 3 aromatic rings. The average molecular weight is 403 g/mol. The summed E-state index contributed by atoms with van der Waals surface area (Å²) in [7, 11) is 2.19. The molecule has 5 nitrogen and oxygen atoms in total. The average Bonchev–Trinajstić information content (AvgIpc) is 3.14. The number of fused-ring (bicyclic) bond motifs is 2. The Balaban J connectivity index is 1.33. The zero-order chi connectivity index (χ0) is 20.7. The highest BCUT2D eigenvalue weighted by Crippen LogP contribution is 2.44. The van der Waals surface area contributed by atoms with E-state index < -0.39 is 0 Å². The number of piperidine rings is 1. The zero-order valence-electron chi connectivity index (χ0n) is 17.8. The largest absolute Gasteiger partial charge is 0.355 e. The summed E-state index contributed by atoms with van der Waals surface area (Å²) in [5.74, 6) is 0.629. The topological polar surface area (TPSA) is 50.2 Å². The van der Waals surface area contributed by atoms with E-state index in [-0.39, 0.29) is 11.8 Å². The summed E-state index contributed by atoms with van der Waals surface area (Å²) in [5, 5.41) is 4.60. The van der Waals surface area contributed by atoms with Crippen LogP contribution in [0.2, 0.25) is 0 Å². The number of nitrogens with zero attached hydrogens (tertiary/aromatic N) is 3. The molecule has 2 aromatic heterocycles. The monoisotopic (exact) mass is 402 g/mol. The first-order valence-corrected chi connectivity index (χ1v) is 11.1. The molecular formula is C25H30N4O. The molecule has 0 radical (unpaired) electrons. The maximum absolute atomic E-state index is 13.0. The number of rotatable bonds is 5. The number of aromatic nitrogens is 2. The molecule has 30 heavy (non-hydrogen) atoms. The highest BCUT2D eigenvalue weighted by atomic mass is 16.1. The van der Waals surface area contributed by atoms with Gasteiger partial charge in [-0.15, -0.1) is 0 Å². The van der Waals surface area contributed by atoms with Crippen molar-refractivity contribution in [1.82, 2.24) is 19.8 Å². The van der Waals surface area contributed by atoms with E-state index in [1.165, 1.54) is 22.0 Å². The lowest BCUT2D eigenvalue weighted by Crippen LogP contribution is -2.51. The molecule has 5 rings (SSSR count). The lowest BCUT2D eigenvalue weighted by Gasteiger charge is -2.45. The van der Waals surface area contributed by atoms with Gasteiger partial charge in [0, 0.05) is 67.0 Å². The number of carbonyl (C=O) groups is 1. The van der Waals surface area contributed by atoms with E-state index in [4.69, 9.17) is 0 Å². The molecule has 156 valence electrons. The van der Waals surface area contributed by atoms with E-state index in [0.717, 1.165) is 38.0 Å². The fourth-order valence-electron chi connectivity index (χ4n) is 5.57. The first-order valence-electron chi connectivity index (χ1n) is 11.1. The molecule has 2 aliphatic rings. The third-order valence-electron chi connectivity index (χ3n) is 7.04. The van der Waals surface area contributed by atoms with Crippen LogP contribution in [0.1, 0.15) is 36.1 Å². The van der Waals surface area contributed by atoms with E-state index in [9.17, 15) is 4.79 Å². The lowest BCUT2D eigenvalue weighted by molar-refractivity contribution is -0.127. The van der Waals surface area contributed by atoms with Crippen molar-refractivity contribution in [2.24, 2.45) is 5.92 Å². The summed E-state index contributed by atoms with van der Waals surface area (Å²) >= 11 is 0. The van der Waals surface area contributed by atoms with Crippen molar-refractivity contribution in [3.63, 3.8) is 0 Å². The van der Waals surface area contributed by atoms with Crippen LogP contribution in [0.25, 0.3) is 10.9 Å². The number of likely N-dealkylation sites (N-methyl/N-ethyl adjacent to an activating group) is 1. The predicted molar refractivity (Wildman–Crippen MR) is 120 cm³/mol. The van der Waals surface area contributed by atoms with E-state index in [0.29, 0.717) is 18.5 Å². The van der Waals surface area contributed by atoms with Crippen LogP contribution in [0, 0.1) is 5.92 Å². The van der Waals surface area contributed by atoms with Crippen molar-refractivity contribution in [1.29, 1.82) is 0 Å². The first-order chi connectivity index (χ1) is 14.7. The molecule has 1 aliphatic carbocycles. The van der Waals surface area contributed by atoms with Gasteiger partial charge in [-0.1, -0.05) is 18.2 Å². The maximum Gasteiger partial charge on any atom is 0.224 e. The number of nitrogens with one attached hydrogen (secondary N) is 1. The van der Waals surface area contributed by atoms with Crippen LogP contribution in [-0.4, -0.2) is 46.5 Å². The highest BCUT2D eigenvalue weighted by Gasteiger charge is 2.41. The van der Waals surface area contributed by atoms with Gasteiger partial charge >= 0.3 is 0 Å². The number of likely N-dealkylation sites (tertiary alicyclic amines) is 1. The minimum Gasteiger partial charge on any atom is -0.355 e. The normalized spacial score (nSPS) is 23.3. The van der Waals surface area contributed by atoms with Crippen LogP contribution in [0.4, 0.5) is 0 Å². The van der Waals surface area contributed by atoms with Crippen molar-refractivity contribution in [3.8, 4) is 0 Å². The van der Waals surface area contributed by atoms with Gasteiger partial charge in [0.2, 0.25) is 5.91 Å². The number of pyridine rings is 1. The van der Waals surface area contributed by atoms with Crippen molar-refractivity contribution in [3.05, 3.63) is 65.6 Å². The van der Waals surface area contributed by atoms with Crippen molar-refractivity contribution >= 4 is 16.8 Å². The molecule has 0 saturated carbocycles. The molecule has 1 fully saturated rings. The van der Waals surface area contributed by atoms with Crippen LogP contribution in [0.5, 0.6) is 0 Å². The number of hydrogen-bond acceptors (Lipinski definition) is 3. The Hall–Kier alpha value is -2.66. The SMILES string of the molecule is CCn1cc2c3c(cccc31)[C@H]1CC(C(=O)NCCc3ccccn3)CN(C)[C@@H]1C2. The van der Waals surface area contributed by atoms with Gasteiger partial charge in [0.15, 0.2) is 0 Å². The Kier molecular flexibility index (Phi) is 5.07. The number of amides is 1. The predicted octanol–water partition coefficient (Wildman–Crippen LogP) is 3.38. The van der Waals surface area contributed by atoms with Crippen molar-refractivity contribution in [2.45, 2.75) is 44.7 Å². The molecule has 5 heteroatoms. The Morgan fingerprint density at radius 2 is 2.13 bits per heavy atom. The van der Waals surface area contributed by atoms with E-state index in [1.54, 1.807) is 6.20 Å². The summed E-state index contributed by atoms with van der Waals surface area (Å²) in [4.78, 5) is 19.7. The van der Waals surface area contributed by atoms with E-state index in [1.807, 2.05) is 18.2 Å².